The van der Waals surface area contributed by atoms with Crippen LogP contribution in [0.4, 0.5) is 0 Å². The molecule has 1 heterocycles. The van der Waals surface area contributed by atoms with Gasteiger partial charge in [-0.25, -0.2) is 4.98 Å². The van der Waals surface area contributed by atoms with Crippen molar-refractivity contribution in [3.8, 4) is 0 Å². The summed E-state index contributed by atoms with van der Waals surface area (Å²) in [4.78, 5) is 5.87. The van der Waals surface area contributed by atoms with Crippen molar-refractivity contribution < 1.29 is 0 Å². The number of thiazole rings is 1. The van der Waals surface area contributed by atoms with Gasteiger partial charge in [-0.1, -0.05) is 30.3 Å². The normalized spacial score (nSPS) is 16.5. The van der Waals surface area contributed by atoms with E-state index in [0.717, 1.165) is 17.5 Å². The van der Waals surface area contributed by atoms with Crippen LogP contribution in [0.5, 0.6) is 0 Å². The van der Waals surface area contributed by atoms with Crippen molar-refractivity contribution in [3.05, 3.63) is 51.5 Å². The number of aromatic nitrogens is 1. The minimum atomic E-state index is 0.503. The van der Waals surface area contributed by atoms with Gasteiger partial charge in [-0.15, -0.1) is 11.3 Å². The zero-order valence-electron chi connectivity index (χ0n) is 11.5. The van der Waals surface area contributed by atoms with E-state index in [1.165, 1.54) is 29.0 Å². The van der Waals surface area contributed by atoms with Gasteiger partial charge in [0.15, 0.2) is 0 Å². The van der Waals surface area contributed by atoms with Gasteiger partial charge in [0.25, 0.3) is 0 Å². The second-order valence-electron chi connectivity index (χ2n) is 5.35. The van der Waals surface area contributed by atoms with E-state index >= 15 is 0 Å². The molecule has 1 aromatic carbocycles. The van der Waals surface area contributed by atoms with Gasteiger partial charge in [-0.2, -0.15) is 0 Å². The van der Waals surface area contributed by atoms with Gasteiger partial charge in [-0.3, -0.25) is 0 Å². The highest BCUT2D eigenvalue weighted by molar-refractivity contribution is 7.11. The molecular formula is C16H20N2S. The number of rotatable bonds is 5. The maximum atomic E-state index is 4.50. The Morgan fingerprint density at radius 3 is 2.58 bits per heavy atom. The standard InChI is InChI=1S/C16H20N2S/c1-11-15(19-12(2)18-11)10-17-16(14-8-9-14)13-6-4-3-5-7-13/h3-7,14,16-17H,8-10H2,1-2H3. The van der Waals surface area contributed by atoms with E-state index in [1.54, 1.807) is 0 Å². The molecule has 0 aliphatic heterocycles. The van der Waals surface area contributed by atoms with Crippen molar-refractivity contribution in [2.24, 2.45) is 5.92 Å². The Morgan fingerprint density at radius 2 is 2.00 bits per heavy atom. The fourth-order valence-electron chi connectivity index (χ4n) is 2.59. The quantitative estimate of drug-likeness (QED) is 0.890. The Kier molecular flexibility index (Phi) is 3.67. The maximum absolute atomic E-state index is 4.50. The number of nitrogens with zero attached hydrogens (tertiary/aromatic N) is 1. The van der Waals surface area contributed by atoms with Crippen molar-refractivity contribution >= 4 is 11.3 Å². The van der Waals surface area contributed by atoms with E-state index in [9.17, 15) is 0 Å². The summed E-state index contributed by atoms with van der Waals surface area (Å²) >= 11 is 1.81. The molecule has 1 atom stereocenters. The number of aryl methyl sites for hydroxylation is 2. The Balaban J connectivity index is 1.71. The zero-order chi connectivity index (χ0) is 13.2. The fourth-order valence-corrected chi connectivity index (χ4v) is 3.47. The van der Waals surface area contributed by atoms with E-state index in [0.29, 0.717) is 6.04 Å². The Morgan fingerprint density at radius 1 is 1.26 bits per heavy atom. The van der Waals surface area contributed by atoms with Crippen molar-refractivity contribution in [2.75, 3.05) is 0 Å². The van der Waals surface area contributed by atoms with Gasteiger partial charge >= 0.3 is 0 Å². The van der Waals surface area contributed by atoms with E-state index in [-0.39, 0.29) is 0 Å². The first-order valence-electron chi connectivity index (χ1n) is 6.95. The Labute approximate surface area is 118 Å². The second-order valence-corrected chi connectivity index (χ2v) is 6.64. The van der Waals surface area contributed by atoms with Gasteiger partial charge in [0, 0.05) is 17.5 Å². The number of benzene rings is 1. The molecule has 1 unspecified atom stereocenters. The summed E-state index contributed by atoms with van der Waals surface area (Å²) in [5, 5.41) is 4.90. The van der Waals surface area contributed by atoms with Crippen LogP contribution in [0.15, 0.2) is 30.3 Å². The largest absolute Gasteiger partial charge is 0.305 e. The minimum absolute atomic E-state index is 0.503. The van der Waals surface area contributed by atoms with Crippen LogP contribution in [-0.4, -0.2) is 4.98 Å². The maximum Gasteiger partial charge on any atom is 0.0900 e. The van der Waals surface area contributed by atoms with Crippen LogP contribution >= 0.6 is 11.3 Å². The van der Waals surface area contributed by atoms with Crippen LogP contribution < -0.4 is 5.32 Å². The predicted molar refractivity (Wildman–Crippen MR) is 80.3 cm³/mol. The minimum Gasteiger partial charge on any atom is -0.305 e. The molecule has 3 rings (SSSR count). The van der Waals surface area contributed by atoms with Crippen molar-refractivity contribution in [3.63, 3.8) is 0 Å². The molecular weight excluding hydrogens is 252 g/mol. The number of hydrogen-bond acceptors (Lipinski definition) is 3. The Hall–Kier alpha value is -1.19. The van der Waals surface area contributed by atoms with Gasteiger partial charge in [0.05, 0.1) is 10.7 Å². The summed E-state index contributed by atoms with van der Waals surface area (Å²) in [6.07, 6.45) is 2.71. The molecule has 1 aliphatic carbocycles. The lowest BCUT2D eigenvalue weighted by molar-refractivity contribution is 0.482. The predicted octanol–water partition coefficient (Wildman–Crippen LogP) is 4.00. The molecule has 1 N–H and O–H groups in total. The van der Waals surface area contributed by atoms with Crippen LogP contribution in [0.2, 0.25) is 0 Å². The molecule has 19 heavy (non-hydrogen) atoms. The number of hydrogen-bond donors (Lipinski definition) is 1. The molecule has 100 valence electrons. The second kappa shape index (κ2) is 5.43. The molecule has 2 aromatic rings. The van der Waals surface area contributed by atoms with Crippen molar-refractivity contribution in [2.45, 2.75) is 39.3 Å². The van der Waals surface area contributed by atoms with E-state index in [4.69, 9.17) is 0 Å². The van der Waals surface area contributed by atoms with Crippen LogP contribution in [-0.2, 0) is 6.54 Å². The first kappa shape index (κ1) is 12.8. The summed E-state index contributed by atoms with van der Waals surface area (Å²) in [7, 11) is 0. The highest BCUT2D eigenvalue weighted by Gasteiger charge is 2.31. The fraction of sp³-hybridized carbons (Fsp3) is 0.438. The summed E-state index contributed by atoms with van der Waals surface area (Å²) in [5.41, 5.74) is 2.60. The lowest BCUT2D eigenvalue weighted by Gasteiger charge is -2.18. The first-order chi connectivity index (χ1) is 9.24. The van der Waals surface area contributed by atoms with Crippen molar-refractivity contribution in [1.82, 2.24) is 10.3 Å². The van der Waals surface area contributed by atoms with Gasteiger partial charge < -0.3 is 5.32 Å². The molecule has 2 nitrogen and oxygen atoms in total. The van der Waals surface area contributed by atoms with Crippen LogP contribution in [0.3, 0.4) is 0 Å². The topological polar surface area (TPSA) is 24.9 Å². The highest BCUT2D eigenvalue weighted by atomic mass is 32.1. The number of nitrogens with one attached hydrogen (secondary N) is 1. The summed E-state index contributed by atoms with van der Waals surface area (Å²) in [5.74, 6) is 0.816. The molecule has 1 saturated carbocycles. The summed E-state index contributed by atoms with van der Waals surface area (Å²) < 4.78 is 0. The molecule has 0 amide bonds. The lowest BCUT2D eigenvalue weighted by Crippen LogP contribution is -2.22. The first-order valence-corrected chi connectivity index (χ1v) is 7.77. The molecule has 0 saturated heterocycles. The average Bonchev–Trinajstić information content (AvgIpc) is 3.18. The molecule has 0 radical (unpaired) electrons. The zero-order valence-corrected chi connectivity index (χ0v) is 12.3. The lowest BCUT2D eigenvalue weighted by atomic mass is 10.0. The van der Waals surface area contributed by atoms with Crippen LogP contribution in [0.25, 0.3) is 0 Å². The molecule has 3 heteroatoms. The monoisotopic (exact) mass is 272 g/mol. The van der Waals surface area contributed by atoms with Crippen LogP contribution in [0, 0.1) is 19.8 Å². The summed E-state index contributed by atoms with van der Waals surface area (Å²) in [6.45, 7) is 5.12. The van der Waals surface area contributed by atoms with Crippen molar-refractivity contribution in [1.29, 1.82) is 0 Å². The third kappa shape index (κ3) is 3.04. The van der Waals surface area contributed by atoms with Gasteiger partial charge in [-0.05, 0) is 38.2 Å². The third-order valence-electron chi connectivity index (χ3n) is 3.73. The molecule has 0 bridgehead atoms. The summed E-state index contributed by atoms with van der Waals surface area (Å²) in [6, 6.07) is 11.3. The van der Waals surface area contributed by atoms with E-state index < -0.39 is 0 Å². The molecule has 1 aromatic heterocycles. The van der Waals surface area contributed by atoms with Crippen LogP contribution in [0.1, 0.15) is 40.0 Å². The third-order valence-corrected chi connectivity index (χ3v) is 4.81. The van der Waals surface area contributed by atoms with E-state index in [1.807, 2.05) is 11.3 Å². The SMILES string of the molecule is Cc1nc(C)c(CNC(c2ccccc2)C2CC2)s1. The van der Waals surface area contributed by atoms with Gasteiger partial charge in [0.1, 0.15) is 0 Å². The highest BCUT2D eigenvalue weighted by Crippen LogP contribution is 2.41. The Bertz CT molecular complexity index is 543. The molecule has 0 spiro atoms. The smallest absolute Gasteiger partial charge is 0.0900 e. The molecule has 1 fully saturated rings. The average molecular weight is 272 g/mol. The van der Waals surface area contributed by atoms with Gasteiger partial charge in [0.2, 0.25) is 0 Å². The van der Waals surface area contributed by atoms with E-state index in [2.05, 4.69) is 54.5 Å². The molecule has 1 aliphatic rings.